The molecule has 0 atom stereocenters. The van der Waals surface area contributed by atoms with Crippen LogP contribution in [0.2, 0.25) is 5.15 Å². The van der Waals surface area contributed by atoms with Gasteiger partial charge in [0.2, 0.25) is 6.79 Å². The number of ether oxygens (including phenoxy) is 2. The first kappa shape index (κ1) is 10.2. The highest BCUT2D eigenvalue weighted by molar-refractivity contribution is 6.32. The maximum atomic E-state index is 8.51. The third-order valence-corrected chi connectivity index (χ3v) is 2.79. The molecule has 1 N–H and O–H groups in total. The van der Waals surface area contributed by atoms with E-state index in [0.29, 0.717) is 22.6 Å². The third kappa shape index (κ3) is 1.64. The van der Waals surface area contributed by atoms with Gasteiger partial charge in [0.15, 0.2) is 11.5 Å². The van der Waals surface area contributed by atoms with E-state index in [1.165, 1.54) is 6.21 Å². The molecule has 17 heavy (non-hydrogen) atoms. The minimum absolute atomic E-state index is 0.213. The maximum absolute atomic E-state index is 8.51. The Morgan fingerprint density at radius 2 is 2.06 bits per heavy atom. The number of hydrogen-bond donors (Lipinski definition) is 1. The van der Waals surface area contributed by atoms with Gasteiger partial charge in [-0.3, -0.25) is 0 Å². The molecule has 1 aliphatic heterocycles. The summed E-state index contributed by atoms with van der Waals surface area (Å²) in [5.74, 6) is 1.33. The lowest BCUT2D eigenvalue weighted by atomic mass is 10.1. The van der Waals surface area contributed by atoms with Gasteiger partial charge in [-0.1, -0.05) is 16.8 Å². The van der Waals surface area contributed by atoms with Gasteiger partial charge in [-0.15, -0.1) is 0 Å². The summed E-state index contributed by atoms with van der Waals surface area (Å²) < 4.78 is 10.5. The number of hydrogen-bond acceptors (Lipinski definition) is 5. The van der Waals surface area contributed by atoms with Gasteiger partial charge in [-0.2, -0.15) is 0 Å². The molecular formula is C11H7ClN2O3. The first-order valence-corrected chi connectivity index (χ1v) is 5.23. The van der Waals surface area contributed by atoms with Gasteiger partial charge in [0.1, 0.15) is 5.15 Å². The monoisotopic (exact) mass is 250 g/mol. The van der Waals surface area contributed by atoms with Crippen molar-refractivity contribution >= 4 is 28.7 Å². The molecule has 0 amide bonds. The Labute approximate surface area is 101 Å². The molecule has 6 heteroatoms. The highest BCUT2D eigenvalue weighted by Gasteiger charge is 2.15. The molecule has 0 unspecified atom stereocenters. The summed E-state index contributed by atoms with van der Waals surface area (Å²) in [4.78, 5) is 4.20. The summed E-state index contributed by atoms with van der Waals surface area (Å²) in [5, 5.41) is 12.6. The Bertz CT molecular complexity index is 628. The first-order valence-electron chi connectivity index (χ1n) is 4.85. The lowest BCUT2D eigenvalue weighted by Crippen LogP contribution is -1.92. The van der Waals surface area contributed by atoms with E-state index < -0.39 is 0 Å². The summed E-state index contributed by atoms with van der Waals surface area (Å²) in [5.41, 5.74) is 1.25. The van der Waals surface area contributed by atoms with Crippen LogP contribution in [0.25, 0.3) is 10.9 Å². The number of oxime groups is 1. The molecule has 0 spiro atoms. The molecule has 0 bridgehead atoms. The SMILES string of the molecule is ON=Cc1cc2cc3c(cc2nc1Cl)OCO3. The lowest BCUT2D eigenvalue weighted by molar-refractivity contribution is 0.174. The van der Waals surface area contributed by atoms with Crippen LogP contribution in [-0.2, 0) is 0 Å². The molecule has 86 valence electrons. The topological polar surface area (TPSA) is 63.9 Å². The Hall–Kier alpha value is -2.01. The van der Waals surface area contributed by atoms with Gasteiger partial charge in [-0.25, -0.2) is 4.98 Å². The second kappa shape index (κ2) is 3.78. The van der Waals surface area contributed by atoms with Crippen molar-refractivity contribution in [1.82, 2.24) is 4.98 Å². The molecular weight excluding hydrogens is 244 g/mol. The highest BCUT2D eigenvalue weighted by atomic mass is 35.5. The van der Waals surface area contributed by atoms with Crippen LogP contribution in [0.3, 0.4) is 0 Å². The minimum Gasteiger partial charge on any atom is -0.454 e. The number of halogens is 1. The summed E-state index contributed by atoms with van der Waals surface area (Å²) in [7, 11) is 0. The minimum atomic E-state index is 0.213. The molecule has 1 aromatic heterocycles. The molecule has 2 aromatic rings. The van der Waals surface area contributed by atoms with Crippen molar-refractivity contribution in [2.45, 2.75) is 0 Å². The first-order chi connectivity index (χ1) is 8.28. The zero-order valence-electron chi connectivity index (χ0n) is 8.55. The number of rotatable bonds is 1. The van der Waals surface area contributed by atoms with Crippen LogP contribution >= 0.6 is 11.6 Å². The number of aromatic nitrogens is 1. The van der Waals surface area contributed by atoms with Crippen molar-refractivity contribution in [2.75, 3.05) is 6.79 Å². The standard InChI is InChI=1S/C11H7ClN2O3/c12-11-7(4-13-15)1-6-2-9-10(17-5-16-9)3-8(6)14-11/h1-4,15H,5H2. The number of pyridine rings is 1. The Morgan fingerprint density at radius 3 is 2.82 bits per heavy atom. The maximum Gasteiger partial charge on any atom is 0.231 e. The molecule has 5 nitrogen and oxygen atoms in total. The molecule has 0 aliphatic carbocycles. The Balaban J connectivity index is 2.25. The lowest BCUT2D eigenvalue weighted by Gasteiger charge is -2.03. The van der Waals surface area contributed by atoms with E-state index in [4.69, 9.17) is 26.3 Å². The van der Waals surface area contributed by atoms with E-state index in [-0.39, 0.29) is 11.9 Å². The van der Waals surface area contributed by atoms with E-state index in [1.54, 1.807) is 12.1 Å². The molecule has 2 heterocycles. The third-order valence-electron chi connectivity index (χ3n) is 2.49. The van der Waals surface area contributed by atoms with Crippen LogP contribution in [0.15, 0.2) is 23.4 Å². The summed E-state index contributed by atoms with van der Waals surface area (Å²) >= 11 is 5.95. The Kier molecular flexibility index (Phi) is 2.26. The van der Waals surface area contributed by atoms with E-state index in [9.17, 15) is 0 Å². The van der Waals surface area contributed by atoms with Crippen molar-refractivity contribution in [3.63, 3.8) is 0 Å². The second-order valence-electron chi connectivity index (χ2n) is 3.51. The molecule has 0 radical (unpaired) electrons. The van der Waals surface area contributed by atoms with Gasteiger partial charge in [0.05, 0.1) is 11.7 Å². The van der Waals surface area contributed by atoms with Crippen molar-refractivity contribution in [3.8, 4) is 11.5 Å². The fourth-order valence-corrected chi connectivity index (χ4v) is 1.90. The second-order valence-corrected chi connectivity index (χ2v) is 3.87. The van der Waals surface area contributed by atoms with Gasteiger partial charge in [-0.05, 0) is 12.1 Å². The van der Waals surface area contributed by atoms with Gasteiger partial charge in [0, 0.05) is 17.0 Å². The van der Waals surface area contributed by atoms with Gasteiger partial charge in [0.25, 0.3) is 0 Å². The predicted octanol–water partition coefficient (Wildman–Crippen LogP) is 2.42. The predicted molar refractivity (Wildman–Crippen MR) is 62.3 cm³/mol. The zero-order valence-corrected chi connectivity index (χ0v) is 9.31. The van der Waals surface area contributed by atoms with E-state index in [1.807, 2.05) is 6.07 Å². The molecule has 1 aromatic carbocycles. The molecule has 0 saturated heterocycles. The largest absolute Gasteiger partial charge is 0.454 e. The van der Waals surface area contributed by atoms with Crippen LogP contribution in [0, 0.1) is 0 Å². The fourth-order valence-electron chi connectivity index (χ4n) is 1.71. The van der Waals surface area contributed by atoms with Crippen LogP contribution < -0.4 is 9.47 Å². The van der Waals surface area contributed by atoms with Crippen LogP contribution in [0.4, 0.5) is 0 Å². The molecule has 0 saturated carbocycles. The van der Waals surface area contributed by atoms with E-state index in [2.05, 4.69) is 10.1 Å². The van der Waals surface area contributed by atoms with Crippen molar-refractivity contribution in [3.05, 3.63) is 28.9 Å². The quantitative estimate of drug-likeness (QED) is 0.365. The fraction of sp³-hybridized carbons (Fsp3) is 0.0909. The average molecular weight is 251 g/mol. The van der Waals surface area contributed by atoms with Gasteiger partial charge < -0.3 is 14.7 Å². The number of fused-ring (bicyclic) bond motifs is 2. The van der Waals surface area contributed by atoms with E-state index in [0.717, 1.165) is 5.39 Å². The molecule has 3 rings (SSSR count). The summed E-state index contributed by atoms with van der Waals surface area (Å²) in [6.07, 6.45) is 1.24. The van der Waals surface area contributed by atoms with E-state index >= 15 is 0 Å². The number of nitrogens with zero attached hydrogens (tertiary/aromatic N) is 2. The molecule has 1 aliphatic rings. The Morgan fingerprint density at radius 1 is 1.29 bits per heavy atom. The normalized spacial score (nSPS) is 13.7. The average Bonchev–Trinajstić information content (AvgIpc) is 2.74. The van der Waals surface area contributed by atoms with Crippen molar-refractivity contribution < 1.29 is 14.7 Å². The van der Waals surface area contributed by atoms with Crippen LogP contribution in [0.1, 0.15) is 5.56 Å². The van der Waals surface area contributed by atoms with Crippen LogP contribution in [-0.4, -0.2) is 23.2 Å². The smallest absolute Gasteiger partial charge is 0.231 e. The highest BCUT2D eigenvalue weighted by Crippen LogP contribution is 2.36. The van der Waals surface area contributed by atoms with Crippen molar-refractivity contribution in [1.29, 1.82) is 0 Å². The zero-order chi connectivity index (χ0) is 11.8. The summed E-state index contributed by atoms with van der Waals surface area (Å²) in [6.45, 7) is 0.213. The summed E-state index contributed by atoms with van der Waals surface area (Å²) in [6, 6.07) is 5.35. The van der Waals surface area contributed by atoms with Gasteiger partial charge >= 0.3 is 0 Å². The number of benzene rings is 1. The molecule has 0 fully saturated rings. The van der Waals surface area contributed by atoms with Crippen LogP contribution in [0.5, 0.6) is 11.5 Å². The van der Waals surface area contributed by atoms with Crippen molar-refractivity contribution in [2.24, 2.45) is 5.16 Å².